The van der Waals surface area contributed by atoms with E-state index in [0.717, 1.165) is 30.5 Å². The van der Waals surface area contributed by atoms with Crippen LogP contribution in [-0.2, 0) is 12.7 Å². The molecule has 1 saturated heterocycles. The van der Waals surface area contributed by atoms with Crippen molar-refractivity contribution in [2.45, 2.75) is 70.4 Å². The predicted octanol–water partition coefficient (Wildman–Crippen LogP) is 6.26. The number of rotatable bonds is 4. The molecule has 1 aliphatic rings. The van der Waals surface area contributed by atoms with E-state index in [1.165, 1.54) is 6.07 Å². The quantitative estimate of drug-likeness (QED) is 0.501. The number of thiocarbonyl (C=S) groups is 1. The molecule has 2 N–H and O–H groups in total. The third-order valence-corrected chi connectivity index (χ3v) is 6.15. The first-order valence-corrected chi connectivity index (χ1v) is 11.2. The molecule has 0 radical (unpaired) electrons. The highest BCUT2D eigenvalue weighted by Gasteiger charge is 2.40. The van der Waals surface area contributed by atoms with Gasteiger partial charge in [-0.05, 0) is 82.6 Å². The summed E-state index contributed by atoms with van der Waals surface area (Å²) in [4.78, 5) is 6.22. The maximum atomic E-state index is 13.2. The lowest BCUT2D eigenvalue weighted by atomic mass is 9.79. The van der Waals surface area contributed by atoms with Crippen molar-refractivity contribution >= 4 is 34.6 Å². The molecule has 2 heterocycles. The van der Waals surface area contributed by atoms with Crippen LogP contribution in [0.5, 0.6) is 0 Å². The molecule has 1 fully saturated rings. The van der Waals surface area contributed by atoms with Crippen molar-refractivity contribution in [2.75, 3.05) is 5.32 Å². The van der Waals surface area contributed by atoms with Crippen LogP contribution >= 0.6 is 23.8 Å². The average molecular weight is 485 g/mol. The predicted molar refractivity (Wildman–Crippen MR) is 127 cm³/mol. The molecular formula is C23H28ClF3N4S. The van der Waals surface area contributed by atoms with E-state index in [4.69, 9.17) is 23.8 Å². The summed E-state index contributed by atoms with van der Waals surface area (Å²) in [6.07, 6.45) is 0.624. The lowest BCUT2D eigenvalue weighted by Crippen LogP contribution is -2.63. The fourth-order valence-electron chi connectivity index (χ4n) is 4.53. The monoisotopic (exact) mass is 484 g/mol. The number of aromatic nitrogens is 1. The molecule has 1 aromatic carbocycles. The van der Waals surface area contributed by atoms with Crippen LogP contribution in [0.15, 0.2) is 42.7 Å². The van der Waals surface area contributed by atoms with Crippen LogP contribution in [0.4, 0.5) is 18.9 Å². The van der Waals surface area contributed by atoms with Crippen molar-refractivity contribution in [1.82, 2.24) is 15.2 Å². The molecule has 0 aliphatic carbocycles. The topological polar surface area (TPSA) is 40.2 Å². The summed E-state index contributed by atoms with van der Waals surface area (Å²) in [5.41, 5.74) is 0.0396. The van der Waals surface area contributed by atoms with Gasteiger partial charge in [-0.15, -0.1) is 0 Å². The van der Waals surface area contributed by atoms with Gasteiger partial charge in [0.05, 0.1) is 16.3 Å². The second-order valence-corrected chi connectivity index (χ2v) is 10.4. The fourth-order valence-corrected chi connectivity index (χ4v) is 5.02. The number of hydrogen-bond acceptors (Lipinski definition) is 3. The number of anilines is 1. The van der Waals surface area contributed by atoms with Gasteiger partial charge in [0.2, 0.25) is 0 Å². The molecule has 32 heavy (non-hydrogen) atoms. The van der Waals surface area contributed by atoms with Gasteiger partial charge in [-0.2, -0.15) is 13.2 Å². The van der Waals surface area contributed by atoms with E-state index in [0.29, 0.717) is 11.7 Å². The molecule has 3 rings (SSSR count). The lowest BCUT2D eigenvalue weighted by molar-refractivity contribution is -0.137. The molecule has 0 amide bonds. The minimum Gasteiger partial charge on any atom is -0.342 e. The summed E-state index contributed by atoms with van der Waals surface area (Å²) in [7, 11) is 0. The number of pyridine rings is 1. The molecule has 2 aromatic rings. The first-order chi connectivity index (χ1) is 14.8. The number of hydrogen-bond donors (Lipinski definition) is 2. The number of nitrogens with zero attached hydrogens (tertiary/aromatic N) is 2. The largest absolute Gasteiger partial charge is 0.416 e. The van der Waals surface area contributed by atoms with E-state index in [1.54, 1.807) is 12.4 Å². The van der Waals surface area contributed by atoms with Crippen LogP contribution in [0.25, 0.3) is 0 Å². The third kappa shape index (κ3) is 6.33. The highest BCUT2D eigenvalue weighted by atomic mass is 35.5. The van der Waals surface area contributed by atoms with Crippen LogP contribution in [0.1, 0.15) is 51.7 Å². The highest BCUT2D eigenvalue weighted by Crippen LogP contribution is 2.35. The Morgan fingerprint density at radius 3 is 2.44 bits per heavy atom. The van der Waals surface area contributed by atoms with Crippen molar-refractivity contribution in [2.24, 2.45) is 0 Å². The van der Waals surface area contributed by atoms with Crippen LogP contribution in [0.3, 0.4) is 0 Å². The summed E-state index contributed by atoms with van der Waals surface area (Å²) in [5, 5.41) is 7.13. The first-order valence-electron chi connectivity index (χ1n) is 10.4. The molecule has 0 saturated carbocycles. The normalized spacial score (nSPS) is 18.2. The van der Waals surface area contributed by atoms with E-state index < -0.39 is 11.7 Å². The molecule has 0 atom stereocenters. The van der Waals surface area contributed by atoms with Gasteiger partial charge in [-0.25, -0.2) is 0 Å². The van der Waals surface area contributed by atoms with Gasteiger partial charge < -0.3 is 15.5 Å². The molecule has 9 heteroatoms. The average Bonchev–Trinajstić information content (AvgIpc) is 2.65. The maximum absolute atomic E-state index is 13.2. The molecule has 0 unspecified atom stereocenters. The van der Waals surface area contributed by atoms with Crippen molar-refractivity contribution < 1.29 is 13.2 Å². The van der Waals surface area contributed by atoms with Crippen LogP contribution < -0.4 is 10.6 Å². The zero-order valence-corrected chi connectivity index (χ0v) is 20.1. The summed E-state index contributed by atoms with van der Waals surface area (Å²) < 4.78 is 39.7. The Bertz CT molecular complexity index is 947. The van der Waals surface area contributed by atoms with Crippen molar-refractivity contribution in [1.29, 1.82) is 0 Å². The maximum Gasteiger partial charge on any atom is 0.416 e. The van der Waals surface area contributed by atoms with E-state index >= 15 is 0 Å². The van der Waals surface area contributed by atoms with Crippen molar-refractivity contribution in [3.63, 3.8) is 0 Å². The Balaban J connectivity index is 1.92. The van der Waals surface area contributed by atoms with Gasteiger partial charge >= 0.3 is 6.18 Å². The zero-order valence-electron chi connectivity index (χ0n) is 18.6. The molecule has 1 aromatic heterocycles. The van der Waals surface area contributed by atoms with Crippen LogP contribution in [-0.4, -0.2) is 32.1 Å². The Morgan fingerprint density at radius 1 is 1.22 bits per heavy atom. The van der Waals surface area contributed by atoms with E-state index in [2.05, 4.69) is 43.3 Å². The lowest BCUT2D eigenvalue weighted by Gasteiger charge is -2.50. The number of halogens is 4. The summed E-state index contributed by atoms with van der Waals surface area (Å²) in [6.45, 7) is 9.05. The second-order valence-electron chi connectivity index (χ2n) is 9.57. The van der Waals surface area contributed by atoms with Gasteiger partial charge in [-0.3, -0.25) is 4.98 Å². The smallest absolute Gasteiger partial charge is 0.342 e. The van der Waals surface area contributed by atoms with Crippen molar-refractivity contribution in [3.8, 4) is 0 Å². The van der Waals surface area contributed by atoms with E-state index in [9.17, 15) is 13.2 Å². The van der Waals surface area contributed by atoms with Gasteiger partial charge in [-0.1, -0.05) is 17.7 Å². The second kappa shape index (κ2) is 9.15. The van der Waals surface area contributed by atoms with Gasteiger partial charge in [0.1, 0.15) is 0 Å². The minimum absolute atomic E-state index is 0.0611. The summed E-state index contributed by atoms with van der Waals surface area (Å²) in [6, 6.07) is 7.05. The molecule has 1 aliphatic heterocycles. The number of benzene rings is 1. The van der Waals surface area contributed by atoms with Gasteiger partial charge in [0.15, 0.2) is 5.11 Å². The standard InChI is InChI=1S/C23H28ClF3N4S/c1-21(2)11-17(12-22(3,4)30-21)31(14-15-6-5-9-28-13-15)20(32)29-19-10-16(23(25,26)27)7-8-18(19)24/h5-10,13,17,30H,11-12,14H2,1-4H3,(H,29,32). The van der Waals surface area contributed by atoms with E-state index in [-0.39, 0.29) is 27.8 Å². The summed E-state index contributed by atoms with van der Waals surface area (Å²) in [5.74, 6) is 0. The fraction of sp³-hybridized carbons (Fsp3) is 0.478. The Hall–Kier alpha value is -1.90. The molecular weight excluding hydrogens is 457 g/mol. The minimum atomic E-state index is -4.47. The number of piperidine rings is 1. The zero-order chi connectivity index (χ0) is 23.7. The Morgan fingerprint density at radius 2 is 1.88 bits per heavy atom. The van der Waals surface area contributed by atoms with Gasteiger partial charge in [0.25, 0.3) is 0 Å². The molecule has 0 bridgehead atoms. The first kappa shape index (κ1) is 24.7. The molecule has 174 valence electrons. The number of nitrogens with one attached hydrogen (secondary N) is 2. The molecule has 0 spiro atoms. The third-order valence-electron chi connectivity index (χ3n) is 5.48. The van der Waals surface area contributed by atoms with E-state index in [1.807, 2.05) is 17.0 Å². The Kier molecular flexibility index (Phi) is 7.08. The SMILES string of the molecule is CC1(C)CC(N(Cc2cccnc2)C(=S)Nc2cc(C(F)(F)F)ccc2Cl)CC(C)(C)N1. The van der Waals surface area contributed by atoms with Crippen LogP contribution in [0.2, 0.25) is 5.02 Å². The van der Waals surface area contributed by atoms with Crippen LogP contribution in [0, 0.1) is 0 Å². The van der Waals surface area contributed by atoms with Crippen molar-refractivity contribution in [3.05, 3.63) is 58.9 Å². The molecule has 4 nitrogen and oxygen atoms in total. The highest BCUT2D eigenvalue weighted by molar-refractivity contribution is 7.80. The van der Waals surface area contributed by atoms with Gasteiger partial charge in [0, 0.05) is 36.1 Å². The Labute approximate surface area is 197 Å². The number of alkyl halides is 3. The summed E-state index contributed by atoms with van der Waals surface area (Å²) >= 11 is 11.9.